The molecule has 5 N–H and O–H groups in total. The maximum absolute atomic E-state index is 14.4. The lowest BCUT2D eigenvalue weighted by Gasteiger charge is -2.62. The van der Waals surface area contributed by atoms with Gasteiger partial charge in [-0.25, -0.2) is 0 Å². The van der Waals surface area contributed by atoms with Gasteiger partial charge in [0.15, 0.2) is 0 Å². The number of fused-ring (bicyclic) bond motifs is 2. The Morgan fingerprint density at radius 3 is 2.39 bits per heavy atom. The molecule has 4 fully saturated rings. The number of anilines is 1. The van der Waals surface area contributed by atoms with E-state index in [2.05, 4.69) is 50.6 Å². The molecule has 13 nitrogen and oxygen atoms in total. The number of rotatable bonds is 19. The lowest BCUT2D eigenvalue weighted by molar-refractivity contribution is -0.183. The second-order valence-electron chi connectivity index (χ2n) is 18.2. The molecule has 3 aliphatic carbocycles. The number of benzene rings is 3. The Balaban J connectivity index is 1.27. The van der Waals surface area contributed by atoms with E-state index in [1.165, 1.54) is 6.42 Å². The van der Waals surface area contributed by atoms with E-state index in [0.29, 0.717) is 34.5 Å². The van der Waals surface area contributed by atoms with Crippen molar-refractivity contribution in [3.63, 3.8) is 0 Å². The van der Waals surface area contributed by atoms with Crippen molar-refractivity contribution in [2.75, 3.05) is 59.1 Å². The highest BCUT2D eigenvalue weighted by atomic mass is 16.7. The summed E-state index contributed by atoms with van der Waals surface area (Å²) in [6, 6.07) is 19.4. The summed E-state index contributed by atoms with van der Waals surface area (Å²) in [5.74, 6) is 1.06. The molecular weight excluding hydrogens is 775 g/mol. The fourth-order valence-electron chi connectivity index (χ4n) is 10.0. The van der Waals surface area contributed by atoms with Gasteiger partial charge in [-0.05, 0) is 71.3 Å². The average Bonchev–Trinajstić information content (AvgIpc) is 3.62. The predicted molar refractivity (Wildman–Crippen MR) is 236 cm³/mol. The molecule has 1 aliphatic heterocycles. The molecule has 0 spiro atoms. The smallest absolute Gasteiger partial charge is 0.252 e. The minimum Gasteiger partial charge on any atom is -0.496 e. The van der Waals surface area contributed by atoms with E-state index in [1.807, 2.05) is 73.6 Å². The largest absolute Gasteiger partial charge is 0.496 e. The summed E-state index contributed by atoms with van der Waals surface area (Å²) in [4.78, 5) is 50.4. The quantitative estimate of drug-likeness (QED) is 0.106. The third-order valence-corrected chi connectivity index (χ3v) is 13.6. The monoisotopic (exact) mass is 841 g/mol. The van der Waals surface area contributed by atoms with Crippen LogP contribution >= 0.6 is 0 Å². The van der Waals surface area contributed by atoms with Crippen molar-refractivity contribution < 1.29 is 38.9 Å². The van der Waals surface area contributed by atoms with Crippen molar-refractivity contribution >= 4 is 23.4 Å². The molecular formula is C48H67N5O8. The van der Waals surface area contributed by atoms with Crippen LogP contribution in [0, 0.1) is 35.0 Å². The number of aliphatic hydroxyl groups is 2. The second-order valence-corrected chi connectivity index (χ2v) is 18.2. The standard InChI is InChI=1S/C48H67N5O8/c1-29(2)42-41(28-55)61-53(43(42)47(58)50-39-26-35-25-38(30(39)3)48(35,4)5)27-32-15-12-16-37(44(32)59-8)33-22-34(24-36(23-33)52(6)7)45(56)51-40(21-31-13-10-9-11-14-31)46(57)49-17-19-60-20-18-54/h9-16,22-24,29-30,35,38-43,54-55H,17-21,25-28H2,1-8H3,(H,49,57)(H,50,58)(H,51,56)/t30-,35+,38-,39-,40-,41-,42-,43-/m0/s1. The van der Waals surface area contributed by atoms with Gasteiger partial charge in [0.05, 0.1) is 40.1 Å². The number of nitrogens with one attached hydrogen (secondary N) is 3. The van der Waals surface area contributed by atoms with Gasteiger partial charge in [0, 0.05) is 61.4 Å². The van der Waals surface area contributed by atoms with Crippen LogP contribution in [-0.2, 0) is 32.1 Å². The Kier molecular flexibility index (Phi) is 15.2. The Bertz CT molecular complexity index is 1970. The van der Waals surface area contributed by atoms with Crippen LogP contribution in [0.4, 0.5) is 5.69 Å². The van der Waals surface area contributed by atoms with E-state index in [-0.39, 0.29) is 75.6 Å². The van der Waals surface area contributed by atoms with Gasteiger partial charge in [0.1, 0.15) is 23.9 Å². The van der Waals surface area contributed by atoms with Gasteiger partial charge in [0.25, 0.3) is 5.91 Å². The molecule has 332 valence electrons. The minimum atomic E-state index is -0.876. The average molecular weight is 842 g/mol. The van der Waals surface area contributed by atoms with E-state index in [4.69, 9.17) is 19.4 Å². The van der Waals surface area contributed by atoms with Crippen molar-refractivity contribution in [2.24, 2.45) is 35.0 Å². The molecule has 0 aromatic heterocycles. The number of carbonyl (C=O) groups excluding carboxylic acids is 3. The third-order valence-electron chi connectivity index (χ3n) is 13.6. The lowest BCUT2D eigenvalue weighted by Crippen LogP contribution is -2.62. The maximum Gasteiger partial charge on any atom is 0.252 e. The van der Waals surface area contributed by atoms with E-state index in [0.717, 1.165) is 34.4 Å². The van der Waals surface area contributed by atoms with Crippen molar-refractivity contribution in [3.05, 3.63) is 83.4 Å². The molecule has 1 heterocycles. The van der Waals surface area contributed by atoms with E-state index >= 15 is 0 Å². The molecule has 3 amide bonds. The van der Waals surface area contributed by atoms with Gasteiger partial charge in [-0.3, -0.25) is 19.2 Å². The number of hydroxylamine groups is 2. The topological polar surface area (TPSA) is 162 Å². The highest BCUT2D eigenvalue weighted by Crippen LogP contribution is 2.61. The van der Waals surface area contributed by atoms with Crippen molar-refractivity contribution in [1.82, 2.24) is 21.0 Å². The van der Waals surface area contributed by atoms with Gasteiger partial charge in [-0.2, -0.15) is 5.06 Å². The number of nitrogens with zero attached hydrogens (tertiary/aromatic N) is 2. The molecule has 8 atom stereocenters. The number of hydrogen-bond acceptors (Lipinski definition) is 10. The first kappa shape index (κ1) is 46.0. The van der Waals surface area contributed by atoms with Crippen LogP contribution in [0.15, 0.2) is 66.7 Å². The van der Waals surface area contributed by atoms with Gasteiger partial charge < -0.3 is 40.5 Å². The van der Waals surface area contributed by atoms with Crippen LogP contribution in [0.25, 0.3) is 11.1 Å². The number of para-hydroxylation sites is 1. The number of carbonyl (C=O) groups is 3. The molecule has 61 heavy (non-hydrogen) atoms. The lowest BCUT2D eigenvalue weighted by atomic mass is 9.45. The molecule has 3 aromatic carbocycles. The summed E-state index contributed by atoms with van der Waals surface area (Å²) in [6.07, 6.45) is 1.91. The SMILES string of the molecule is COc1c(CN2O[C@@H](CO)[C@H](C(C)C)[C@H]2C(=O)N[C@H]2C[C@H]3C[C@@H]([C@@H]2C)C3(C)C)cccc1-c1cc(C(=O)N[C@@H](Cc2ccccc2)C(=O)NCCOCCO)cc(N(C)C)c1. The number of aliphatic hydroxyl groups excluding tert-OH is 2. The molecule has 7 rings (SSSR count). The summed E-state index contributed by atoms with van der Waals surface area (Å²) in [6.45, 7) is 11.6. The highest BCUT2D eigenvalue weighted by molar-refractivity contribution is 6.00. The summed E-state index contributed by atoms with van der Waals surface area (Å²) in [5, 5.41) is 30.5. The van der Waals surface area contributed by atoms with Crippen LogP contribution in [0.1, 0.15) is 68.9 Å². The van der Waals surface area contributed by atoms with Crippen molar-refractivity contribution in [1.29, 1.82) is 0 Å². The van der Waals surface area contributed by atoms with Gasteiger partial charge in [0.2, 0.25) is 11.8 Å². The first-order valence-electron chi connectivity index (χ1n) is 21.8. The predicted octanol–water partition coefficient (Wildman–Crippen LogP) is 4.83. The zero-order valence-electron chi connectivity index (χ0n) is 37.1. The second kappa shape index (κ2) is 20.1. The van der Waals surface area contributed by atoms with E-state index in [1.54, 1.807) is 24.3 Å². The molecule has 2 bridgehead atoms. The molecule has 0 unspecified atom stereocenters. The third kappa shape index (κ3) is 10.2. The Labute approximate surface area is 361 Å². The van der Waals surface area contributed by atoms with Crippen molar-refractivity contribution in [2.45, 2.75) is 84.7 Å². The molecule has 3 aromatic rings. The fourth-order valence-corrected chi connectivity index (χ4v) is 10.0. The van der Waals surface area contributed by atoms with Crippen LogP contribution in [0.2, 0.25) is 0 Å². The first-order valence-corrected chi connectivity index (χ1v) is 21.8. The zero-order valence-corrected chi connectivity index (χ0v) is 37.1. The van der Waals surface area contributed by atoms with Gasteiger partial charge in [-0.1, -0.05) is 83.1 Å². The summed E-state index contributed by atoms with van der Waals surface area (Å²) in [7, 11) is 5.40. The maximum atomic E-state index is 14.4. The Hall–Kier alpha value is -4.53. The van der Waals surface area contributed by atoms with Crippen LogP contribution in [-0.4, -0.2) is 111 Å². The normalized spacial score (nSPS) is 24.7. The number of ether oxygens (including phenoxy) is 2. The minimum absolute atomic E-state index is 0.0600. The molecule has 4 aliphatic rings. The molecule has 13 heteroatoms. The highest BCUT2D eigenvalue weighted by Gasteiger charge is 2.57. The first-order chi connectivity index (χ1) is 29.2. The van der Waals surface area contributed by atoms with Gasteiger partial charge >= 0.3 is 0 Å². The summed E-state index contributed by atoms with van der Waals surface area (Å²) in [5.41, 5.74) is 4.53. The Morgan fingerprint density at radius 1 is 1.00 bits per heavy atom. The Morgan fingerprint density at radius 2 is 1.75 bits per heavy atom. The van der Waals surface area contributed by atoms with E-state index in [9.17, 15) is 19.5 Å². The molecule has 3 saturated carbocycles. The zero-order chi connectivity index (χ0) is 44.0. The number of amides is 3. The van der Waals surface area contributed by atoms with Crippen molar-refractivity contribution in [3.8, 4) is 16.9 Å². The fraction of sp³-hybridized carbons (Fsp3) is 0.562. The van der Waals surface area contributed by atoms with Crippen LogP contribution in [0.3, 0.4) is 0 Å². The number of hydrogen-bond donors (Lipinski definition) is 5. The van der Waals surface area contributed by atoms with Crippen LogP contribution < -0.4 is 25.6 Å². The number of methoxy groups -OCH3 is 1. The summed E-state index contributed by atoms with van der Waals surface area (Å²) >= 11 is 0. The molecule has 0 radical (unpaired) electrons. The van der Waals surface area contributed by atoms with Crippen LogP contribution in [0.5, 0.6) is 5.75 Å². The summed E-state index contributed by atoms with van der Waals surface area (Å²) < 4.78 is 11.5. The van der Waals surface area contributed by atoms with Gasteiger partial charge in [-0.15, -0.1) is 0 Å². The van der Waals surface area contributed by atoms with E-state index < -0.39 is 24.1 Å². The molecule has 1 saturated heterocycles.